The molecular weight excluding hydrogens is 262 g/mol. The molecule has 21 heavy (non-hydrogen) atoms. The Kier molecular flexibility index (Phi) is 4.90. The first-order valence-electron chi connectivity index (χ1n) is 6.84. The molecule has 0 heterocycles. The Balaban J connectivity index is 2.08. The lowest BCUT2D eigenvalue weighted by atomic mass is 10.1. The Labute approximate surface area is 124 Å². The summed E-state index contributed by atoms with van der Waals surface area (Å²) in [5.74, 6) is -0.185. The predicted molar refractivity (Wildman–Crippen MR) is 85.9 cm³/mol. The number of hydrogen-bond donors (Lipinski definition) is 2. The molecule has 0 aliphatic carbocycles. The first-order chi connectivity index (χ1) is 10.1. The quantitative estimate of drug-likeness (QED) is 0.843. The Morgan fingerprint density at radius 1 is 1.19 bits per heavy atom. The fourth-order valence-electron chi connectivity index (χ4n) is 2.02. The van der Waals surface area contributed by atoms with Crippen LogP contribution in [0, 0.1) is 13.8 Å². The van der Waals surface area contributed by atoms with Crippen LogP contribution in [0.25, 0.3) is 6.08 Å². The van der Waals surface area contributed by atoms with Crippen LogP contribution in [-0.2, 0) is 11.4 Å². The lowest BCUT2D eigenvalue weighted by molar-refractivity contribution is -0.111. The van der Waals surface area contributed by atoms with Gasteiger partial charge in [-0.3, -0.25) is 4.79 Å². The smallest absolute Gasteiger partial charge is 0.248 e. The number of aliphatic hydroxyl groups excluding tert-OH is 1. The number of aliphatic hydroxyl groups is 1. The summed E-state index contributed by atoms with van der Waals surface area (Å²) in [7, 11) is 0. The molecule has 0 unspecified atom stereocenters. The highest BCUT2D eigenvalue weighted by molar-refractivity contribution is 6.02. The normalized spacial score (nSPS) is 10.8. The van der Waals surface area contributed by atoms with Crippen LogP contribution in [0.2, 0.25) is 0 Å². The van der Waals surface area contributed by atoms with E-state index in [0.29, 0.717) is 0 Å². The second-order valence-electron chi connectivity index (χ2n) is 5.04. The summed E-state index contributed by atoms with van der Waals surface area (Å²) < 4.78 is 0. The van der Waals surface area contributed by atoms with Crippen molar-refractivity contribution in [3.05, 3.63) is 70.8 Å². The van der Waals surface area contributed by atoms with Gasteiger partial charge >= 0.3 is 0 Å². The van der Waals surface area contributed by atoms with Crippen LogP contribution >= 0.6 is 0 Å². The van der Waals surface area contributed by atoms with E-state index in [4.69, 9.17) is 5.11 Å². The van der Waals surface area contributed by atoms with Gasteiger partial charge in [-0.15, -0.1) is 0 Å². The average molecular weight is 281 g/mol. The third-order valence-corrected chi connectivity index (χ3v) is 3.21. The van der Waals surface area contributed by atoms with E-state index in [-0.39, 0.29) is 12.5 Å². The zero-order chi connectivity index (χ0) is 15.2. The number of anilines is 1. The molecule has 0 bridgehead atoms. The first kappa shape index (κ1) is 15.0. The van der Waals surface area contributed by atoms with Crippen molar-refractivity contribution in [2.45, 2.75) is 20.5 Å². The summed E-state index contributed by atoms with van der Waals surface area (Å²) in [6.07, 6.45) is 3.30. The van der Waals surface area contributed by atoms with E-state index in [1.165, 1.54) is 6.08 Å². The maximum atomic E-state index is 12.0. The number of carbonyl (C=O) groups is 1. The zero-order valence-electron chi connectivity index (χ0n) is 12.3. The fraction of sp³-hybridized carbons (Fsp3) is 0.167. The zero-order valence-corrected chi connectivity index (χ0v) is 12.3. The molecule has 2 rings (SSSR count). The van der Waals surface area contributed by atoms with Gasteiger partial charge in [-0.25, -0.2) is 0 Å². The van der Waals surface area contributed by atoms with Crippen LogP contribution < -0.4 is 5.32 Å². The molecule has 0 spiro atoms. The Morgan fingerprint density at radius 2 is 2.00 bits per heavy atom. The van der Waals surface area contributed by atoms with E-state index in [2.05, 4.69) is 5.32 Å². The van der Waals surface area contributed by atoms with Crippen molar-refractivity contribution in [1.82, 2.24) is 0 Å². The molecule has 2 aromatic rings. The van der Waals surface area contributed by atoms with Gasteiger partial charge in [0.2, 0.25) is 5.91 Å². The summed E-state index contributed by atoms with van der Waals surface area (Å²) >= 11 is 0. The van der Waals surface area contributed by atoms with Crippen molar-refractivity contribution in [2.24, 2.45) is 0 Å². The third kappa shape index (κ3) is 4.29. The van der Waals surface area contributed by atoms with Crippen molar-refractivity contribution in [1.29, 1.82) is 0 Å². The molecule has 0 atom stereocenters. The number of carbonyl (C=O) groups excluding carboxylic acids is 1. The molecule has 0 aromatic heterocycles. The Bertz CT molecular complexity index is 675. The Hall–Kier alpha value is -2.39. The predicted octanol–water partition coefficient (Wildman–Crippen LogP) is 3.45. The molecule has 108 valence electrons. The molecule has 0 radical (unpaired) electrons. The molecular formula is C18H19NO2. The molecule has 2 N–H and O–H groups in total. The van der Waals surface area contributed by atoms with E-state index in [0.717, 1.165) is 27.9 Å². The van der Waals surface area contributed by atoms with E-state index in [9.17, 15) is 4.79 Å². The molecule has 1 amide bonds. The van der Waals surface area contributed by atoms with Crippen molar-refractivity contribution < 1.29 is 9.90 Å². The number of amides is 1. The number of aryl methyl sites for hydroxylation is 2. The summed E-state index contributed by atoms with van der Waals surface area (Å²) in [5, 5.41) is 12.0. The number of benzene rings is 2. The fourth-order valence-corrected chi connectivity index (χ4v) is 2.02. The van der Waals surface area contributed by atoms with Gasteiger partial charge in [-0.05, 0) is 42.7 Å². The van der Waals surface area contributed by atoms with E-state index < -0.39 is 0 Å². The third-order valence-electron chi connectivity index (χ3n) is 3.21. The number of rotatable bonds is 4. The summed E-state index contributed by atoms with van der Waals surface area (Å²) in [4.78, 5) is 12.0. The minimum atomic E-state index is -0.185. The van der Waals surface area contributed by atoms with Gasteiger partial charge in [0, 0.05) is 11.8 Å². The minimum Gasteiger partial charge on any atom is -0.392 e. The highest BCUT2D eigenvalue weighted by Gasteiger charge is 2.03. The SMILES string of the molecule is Cc1cccc(/C=C/C(=O)Nc2cc(CO)ccc2C)c1. The van der Waals surface area contributed by atoms with E-state index >= 15 is 0 Å². The van der Waals surface area contributed by atoms with Crippen LogP contribution in [0.3, 0.4) is 0 Å². The van der Waals surface area contributed by atoms with Crippen LogP contribution in [-0.4, -0.2) is 11.0 Å². The van der Waals surface area contributed by atoms with Crippen LogP contribution in [0.5, 0.6) is 0 Å². The highest BCUT2D eigenvalue weighted by Crippen LogP contribution is 2.17. The van der Waals surface area contributed by atoms with Gasteiger partial charge in [0.25, 0.3) is 0 Å². The summed E-state index contributed by atoms with van der Waals surface area (Å²) in [5.41, 5.74) is 4.61. The molecule has 0 aliphatic heterocycles. The molecule has 0 saturated heterocycles. The standard InChI is InChI=1S/C18H19NO2/c1-13-4-3-5-15(10-13)8-9-18(21)19-17-11-16(12-20)7-6-14(17)2/h3-11,20H,12H2,1-2H3,(H,19,21)/b9-8+. The van der Waals surface area contributed by atoms with Crippen molar-refractivity contribution >= 4 is 17.7 Å². The Morgan fingerprint density at radius 3 is 2.71 bits per heavy atom. The number of hydrogen-bond acceptors (Lipinski definition) is 2. The lowest BCUT2D eigenvalue weighted by Gasteiger charge is -2.08. The van der Waals surface area contributed by atoms with Crippen molar-refractivity contribution in [2.75, 3.05) is 5.32 Å². The second-order valence-corrected chi connectivity index (χ2v) is 5.04. The second kappa shape index (κ2) is 6.86. The van der Waals surface area contributed by atoms with Gasteiger partial charge < -0.3 is 10.4 Å². The molecule has 0 aliphatic rings. The summed E-state index contributed by atoms with van der Waals surface area (Å²) in [6, 6.07) is 13.4. The average Bonchev–Trinajstić information content (AvgIpc) is 2.47. The van der Waals surface area contributed by atoms with Gasteiger partial charge in [-0.1, -0.05) is 42.0 Å². The summed E-state index contributed by atoms with van der Waals surface area (Å²) in [6.45, 7) is 3.89. The maximum Gasteiger partial charge on any atom is 0.248 e. The first-order valence-corrected chi connectivity index (χ1v) is 6.84. The lowest BCUT2D eigenvalue weighted by Crippen LogP contribution is -2.09. The van der Waals surface area contributed by atoms with Crippen LogP contribution in [0.4, 0.5) is 5.69 Å². The van der Waals surface area contributed by atoms with E-state index in [1.807, 2.05) is 50.2 Å². The molecule has 3 nitrogen and oxygen atoms in total. The van der Waals surface area contributed by atoms with Gasteiger partial charge in [0.1, 0.15) is 0 Å². The molecule has 2 aromatic carbocycles. The topological polar surface area (TPSA) is 49.3 Å². The van der Waals surface area contributed by atoms with Gasteiger partial charge in [-0.2, -0.15) is 0 Å². The largest absolute Gasteiger partial charge is 0.392 e. The molecule has 3 heteroatoms. The van der Waals surface area contributed by atoms with Gasteiger partial charge in [0.05, 0.1) is 6.61 Å². The van der Waals surface area contributed by atoms with E-state index in [1.54, 1.807) is 12.1 Å². The molecule has 0 fully saturated rings. The van der Waals surface area contributed by atoms with Crippen molar-refractivity contribution in [3.63, 3.8) is 0 Å². The number of nitrogens with one attached hydrogen (secondary N) is 1. The minimum absolute atomic E-state index is 0.0394. The highest BCUT2D eigenvalue weighted by atomic mass is 16.3. The van der Waals surface area contributed by atoms with Crippen molar-refractivity contribution in [3.8, 4) is 0 Å². The van der Waals surface area contributed by atoms with Gasteiger partial charge in [0.15, 0.2) is 0 Å². The van der Waals surface area contributed by atoms with Crippen LogP contribution in [0.15, 0.2) is 48.5 Å². The molecule has 0 saturated carbocycles. The van der Waals surface area contributed by atoms with Crippen LogP contribution in [0.1, 0.15) is 22.3 Å². The maximum absolute atomic E-state index is 12.0. The monoisotopic (exact) mass is 281 g/mol.